The van der Waals surface area contributed by atoms with Gasteiger partial charge in [0, 0.05) is 17.9 Å². The van der Waals surface area contributed by atoms with Crippen molar-refractivity contribution in [2.75, 3.05) is 13.7 Å². The average molecular weight is 319 g/mol. The highest BCUT2D eigenvalue weighted by Gasteiger charge is 2.02. The number of ether oxygens (including phenoxy) is 2. The van der Waals surface area contributed by atoms with Crippen molar-refractivity contribution in [3.63, 3.8) is 0 Å². The second kappa shape index (κ2) is 8.44. The lowest BCUT2D eigenvalue weighted by Crippen LogP contribution is -2.03. The first-order chi connectivity index (χ1) is 10.7. The molecule has 0 N–H and O–H groups in total. The summed E-state index contributed by atoms with van der Waals surface area (Å²) in [4.78, 5) is 11.1. The van der Waals surface area contributed by atoms with Crippen molar-refractivity contribution in [1.29, 1.82) is 0 Å². The predicted octanol–water partition coefficient (Wildman–Crippen LogP) is 4.07. The van der Waals surface area contributed by atoms with Crippen LogP contribution in [0.3, 0.4) is 0 Å². The summed E-state index contributed by atoms with van der Waals surface area (Å²) < 4.78 is 10.3. The summed E-state index contributed by atoms with van der Waals surface area (Å²) in [6.45, 7) is 0.614. The summed E-state index contributed by atoms with van der Waals surface area (Å²) in [5.41, 5.74) is 2.29. The van der Waals surface area contributed by atoms with E-state index >= 15 is 0 Å². The summed E-state index contributed by atoms with van der Waals surface area (Å²) in [6, 6.07) is 15.6. The highest BCUT2D eigenvalue weighted by molar-refractivity contribution is 6.30. The topological polar surface area (TPSA) is 35.5 Å². The molecular formula is C18H19ClO3. The third-order valence-corrected chi connectivity index (χ3v) is 3.59. The van der Waals surface area contributed by atoms with E-state index < -0.39 is 0 Å². The lowest BCUT2D eigenvalue weighted by atomic mass is 10.1. The van der Waals surface area contributed by atoms with Crippen LogP contribution in [0.4, 0.5) is 0 Å². The minimum absolute atomic E-state index is 0.191. The number of halogens is 1. The van der Waals surface area contributed by atoms with Crippen molar-refractivity contribution in [3.05, 3.63) is 64.7 Å². The number of carbonyl (C=O) groups is 1. The van der Waals surface area contributed by atoms with Gasteiger partial charge in [-0.1, -0.05) is 35.9 Å². The molecule has 3 nitrogen and oxygen atoms in total. The second-order valence-corrected chi connectivity index (χ2v) is 5.38. The fourth-order valence-electron chi connectivity index (χ4n) is 2.04. The molecule has 0 aliphatic carbocycles. The van der Waals surface area contributed by atoms with E-state index in [-0.39, 0.29) is 5.97 Å². The van der Waals surface area contributed by atoms with Crippen molar-refractivity contribution in [1.82, 2.24) is 0 Å². The summed E-state index contributed by atoms with van der Waals surface area (Å²) in [5.74, 6) is 0.638. The maximum absolute atomic E-state index is 11.1. The van der Waals surface area contributed by atoms with Crippen LogP contribution >= 0.6 is 11.6 Å². The molecule has 0 saturated carbocycles. The first kappa shape index (κ1) is 16.4. The molecule has 0 spiro atoms. The molecule has 4 heteroatoms. The summed E-state index contributed by atoms with van der Waals surface area (Å²) >= 11 is 5.85. The van der Waals surface area contributed by atoms with Crippen LogP contribution in [0.5, 0.6) is 5.75 Å². The van der Waals surface area contributed by atoms with Crippen molar-refractivity contribution < 1.29 is 14.3 Å². The van der Waals surface area contributed by atoms with Crippen LogP contribution in [0, 0.1) is 0 Å². The van der Waals surface area contributed by atoms with E-state index in [1.807, 2.05) is 48.5 Å². The van der Waals surface area contributed by atoms with Crippen LogP contribution in [-0.2, 0) is 22.4 Å². The van der Waals surface area contributed by atoms with Crippen molar-refractivity contribution in [2.24, 2.45) is 0 Å². The van der Waals surface area contributed by atoms with Crippen LogP contribution in [0.25, 0.3) is 0 Å². The molecule has 22 heavy (non-hydrogen) atoms. The number of methoxy groups -OCH3 is 1. The summed E-state index contributed by atoms with van der Waals surface area (Å²) in [6.07, 6.45) is 1.91. The van der Waals surface area contributed by atoms with Gasteiger partial charge >= 0.3 is 5.97 Å². The smallest absolute Gasteiger partial charge is 0.305 e. The molecule has 0 atom stereocenters. The van der Waals surface area contributed by atoms with Crippen LogP contribution < -0.4 is 4.74 Å². The first-order valence-corrected chi connectivity index (χ1v) is 7.58. The zero-order chi connectivity index (χ0) is 15.8. The van der Waals surface area contributed by atoms with Crippen molar-refractivity contribution in [3.8, 4) is 5.75 Å². The van der Waals surface area contributed by atoms with Gasteiger partial charge in [-0.05, 0) is 41.8 Å². The predicted molar refractivity (Wildman–Crippen MR) is 87.4 cm³/mol. The number of rotatable bonds is 7. The lowest BCUT2D eigenvalue weighted by Gasteiger charge is -2.07. The van der Waals surface area contributed by atoms with E-state index in [0.717, 1.165) is 22.8 Å². The Labute approximate surface area is 135 Å². The quantitative estimate of drug-likeness (QED) is 0.722. The number of esters is 1. The Morgan fingerprint density at radius 3 is 2.18 bits per heavy atom. The maximum atomic E-state index is 11.1. The Hall–Kier alpha value is -2.00. The molecule has 2 rings (SSSR count). The van der Waals surface area contributed by atoms with Gasteiger partial charge in [0.1, 0.15) is 5.75 Å². The molecule has 0 aliphatic rings. The molecule has 0 amide bonds. The summed E-state index contributed by atoms with van der Waals surface area (Å²) in [5, 5.41) is 0.743. The molecule has 0 unspecified atom stereocenters. The van der Waals surface area contributed by atoms with E-state index in [4.69, 9.17) is 16.3 Å². The van der Waals surface area contributed by atoms with Crippen molar-refractivity contribution in [2.45, 2.75) is 19.3 Å². The third-order valence-electron chi connectivity index (χ3n) is 3.34. The van der Waals surface area contributed by atoms with Gasteiger partial charge in [-0.15, -0.1) is 0 Å². The maximum Gasteiger partial charge on any atom is 0.305 e. The number of hydrogen-bond donors (Lipinski definition) is 0. The van der Waals surface area contributed by atoms with Gasteiger partial charge in [-0.25, -0.2) is 0 Å². The van der Waals surface area contributed by atoms with Crippen molar-refractivity contribution >= 4 is 17.6 Å². The first-order valence-electron chi connectivity index (χ1n) is 7.20. The fraction of sp³-hybridized carbons (Fsp3) is 0.278. The molecule has 0 heterocycles. The normalized spacial score (nSPS) is 10.3. The zero-order valence-electron chi connectivity index (χ0n) is 12.5. The third kappa shape index (κ3) is 5.41. The van der Waals surface area contributed by atoms with E-state index in [1.165, 1.54) is 12.7 Å². The Morgan fingerprint density at radius 1 is 0.955 bits per heavy atom. The Balaban J connectivity index is 1.76. The van der Waals surface area contributed by atoms with Crippen LogP contribution in [0.15, 0.2) is 48.5 Å². The minimum atomic E-state index is -0.191. The number of aryl methyl sites for hydroxylation is 1. The zero-order valence-corrected chi connectivity index (χ0v) is 13.3. The lowest BCUT2D eigenvalue weighted by molar-refractivity contribution is -0.140. The van der Waals surface area contributed by atoms with Crippen LogP contribution in [0.2, 0.25) is 5.02 Å². The van der Waals surface area contributed by atoms with Crippen LogP contribution in [0.1, 0.15) is 17.5 Å². The minimum Gasteiger partial charge on any atom is -0.493 e. The van der Waals surface area contributed by atoms with Crippen LogP contribution in [-0.4, -0.2) is 19.7 Å². The van der Waals surface area contributed by atoms with E-state index in [0.29, 0.717) is 19.4 Å². The van der Waals surface area contributed by atoms with Gasteiger partial charge in [0.05, 0.1) is 13.7 Å². The second-order valence-electron chi connectivity index (χ2n) is 4.95. The molecule has 0 radical (unpaired) electrons. The monoisotopic (exact) mass is 318 g/mol. The Kier molecular flexibility index (Phi) is 6.28. The molecular weight excluding hydrogens is 300 g/mol. The Bertz CT molecular complexity index is 591. The van der Waals surface area contributed by atoms with Gasteiger partial charge in [-0.3, -0.25) is 4.79 Å². The Morgan fingerprint density at radius 2 is 1.55 bits per heavy atom. The molecule has 2 aromatic carbocycles. The summed E-state index contributed by atoms with van der Waals surface area (Å²) in [7, 11) is 1.40. The van der Waals surface area contributed by atoms with Gasteiger partial charge in [0.15, 0.2) is 0 Å². The van der Waals surface area contributed by atoms with E-state index in [1.54, 1.807) is 0 Å². The van der Waals surface area contributed by atoms with Gasteiger partial charge in [0.2, 0.25) is 0 Å². The van der Waals surface area contributed by atoms with Gasteiger partial charge in [0.25, 0.3) is 0 Å². The molecule has 0 bridgehead atoms. The SMILES string of the molecule is COC(=O)CCc1ccc(OCCc2ccc(Cl)cc2)cc1. The fourth-order valence-corrected chi connectivity index (χ4v) is 2.16. The number of carbonyl (C=O) groups excluding carboxylic acids is 1. The van der Waals surface area contributed by atoms with E-state index in [2.05, 4.69) is 4.74 Å². The highest BCUT2D eigenvalue weighted by atomic mass is 35.5. The molecule has 2 aromatic rings. The van der Waals surface area contributed by atoms with Gasteiger partial charge in [-0.2, -0.15) is 0 Å². The molecule has 0 saturated heterocycles. The average Bonchev–Trinajstić information content (AvgIpc) is 2.55. The van der Waals surface area contributed by atoms with Gasteiger partial charge < -0.3 is 9.47 Å². The molecule has 0 fully saturated rings. The number of hydrogen-bond acceptors (Lipinski definition) is 3. The standard InChI is InChI=1S/C18H19ClO3/c1-21-18(20)11-6-14-4-9-17(10-5-14)22-13-12-15-2-7-16(19)8-3-15/h2-5,7-10H,6,11-13H2,1H3. The highest BCUT2D eigenvalue weighted by Crippen LogP contribution is 2.15. The number of benzene rings is 2. The molecule has 116 valence electrons. The molecule has 0 aliphatic heterocycles. The molecule has 0 aromatic heterocycles. The largest absolute Gasteiger partial charge is 0.493 e. The van der Waals surface area contributed by atoms with E-state index in [9.17, 15) is 4.79 Å².